The fourth-order valence-electron chi connectivity index (χ4n) is 2.33. The van der Waals surface area contributed by atoms with Crippen molar-refractivity contribution in [3.8, 4) is 5.69 Å². The first-order chi connectivity index (χ1) is 12.2. The average molecular weight is 371 g/mol. The topological polar surface area (TPSA) is 94.2 Å². The molecule has 0 radical (unpaired) electrons. The highest BCUT2D eigenvalue weighted by Gasteiger charge is 2.33. The van der Waals surface area contributed by atoms with Crippen molar-refractivity contribution in [3.05, 3.63) is 46.5 Å². The van der Waals surface area contributed by atoms with Crippen LogP contribution in [-0.2, 0) is 0 Å². The molecular weight excluding hydrogens is 355 g/mol. The van der Waals surface area contributed by atoms with Crippen LogP contribution in [0.25, 0.3) is 5.69 Å². The van der Waals surface area contributed by atoms with Gasteiger partial charge in [0, 0.05) is 18.2 Å². The Morgan fingerprint density at radius 2 is 2.12 bits per heavy atom. The van der Waals surface area contributed by atoms with Crippen LogP contribution in [0, 0.1) is 10.1 Å². The second-order valence-corrected chi connectivity index (χ2v) is 5.50. The summed E-state index contributed by atoms with van der Waals surface area (Å²) in [6, 6.07) is 3.45. The van der Waals surface area contributed by atoms with Crippen LogP contribution in [0.2, 0.25) is 0 Å². The predicted octanol–water partition coefficient (Wildman–Crippen LogP) is 2.98. The van der Waals surface area contributed by atoms with Gasteiger partial charge in [0.2, 0.25) is 0 Å². The van der Waals surface area contributed by atoms with E-state index in [1.807, 2.05) is 0 Å². The molecule has 2 rings (SSSR count). The van der Waals surface area contributed by atoms with Crippen molar-refractivity contribution >= 4 is 11.6 Å². The summed E-state index contributed by atoms with van der Waals surface area (Å²) < 4.78 is 39.4. The van der Waals surface area contributed by atoms with Gasteiger partial charge < -0.3 is 4.90 Å². The van der Waals surface area contributed by atoms with Gasteiger partial charge >= 0.3 is 6.18 Å². The van der Waals surface area contributed by atoms with Crippen LogP contribution in [0.1, 0.15) is 30.1 Å². The maximum atomic E-state index is 12.7. The lowest BCUT2D eigenvalue weighted by molar-refractivity contribution is -0.384. The van der Waals surface area contributed by atoms with Crippen LogP contribution in [0.15, 0.2) is 30.9 Å². The van der Waals surface area contributed by atoms with E-state index in [2.05, 4.69) is 10.1 Å². The summed E-state index contributed by atoms with van der Waals surface area (Å²) in [5.74, 6) is -0.913. The van der Waals surface area contributed by atoms with Crippen molar-refractivity contribution in [2.75, 3.05) is 13.1 Å². The van der Waals surface area contributed by atoms with Crippen LogP contribution in [0.3, 0.4) is 0 Å². The van der Waals surface area contributed by atoms with E-state index in [4.69, 9.17) is 0 Å². The molecule has 0 aliphatic rings. The summed E-state index contributed by atoms with van der Waals surface area (Å²) in [5.41, 5.74) is -0.593. The largest absolute Gasteiger partial charge is 0.406 e. The van der Waals surface area contributed by atoms with Crippen LogP contribution in [0.4, 0.5) is 18.9 Å². The Morgan fingerprint density at radius 3 is 2.65 bits per heavy atom. The number of aromatic nitrogens is 3. The Morgan fingerprint density at radius 1 is 1.38 bits per heavy atom. The van der Waals surface area contributed by atoms with E-state index in [-0.39, 0.29) is 17.8 Å². The molecule has 0 spiro atoms. The highest BCUT2D eigenvalue weighted by molar-refractivity contribution is 5.95. The number of amides is 1. The van der Waals surface area contributed by atoms with E-state index in [1.54, 1.807) is 6.92 Å². The Bertz CT molecular complexity index is 777. The first-order valence-electron chi connectivity index (χ1n) is 7.72. The monoisotopic (exact) mass is 371 g/mol. The van der Waals surface area contributed by atoms with E-state index in [1.165, 1.54) is 24.8 Å². The number of nitro groups is 1. The molecule has 0 aliphatic heterocycles. The predicted molar refractivity (Wildman–Crippen MR) is 84.9 cm³/mol. The van der Waals surface area contributed by atoms with Gasteiger partial charge in [-0.3, -0.25) is 14.9 Å². The number of hydrogen-bond acceptors (Lipinski definition) is 5. The lowest BCUT2D eigenvalue weighted by Gasteiger charge is -2.24. The second-order valence-electron chi connectivity index (χ2n) is 5.50. The minimum atomic E-state index is -4.56. The van der Waals surface area contributed by atoms with Crippen molar-refractivity contribution in [2.45, 2.75) is 25.9 Å². The highest BCUT2D eigenvalue weighted by atomic mass is 19.4. The number of nitrogens with zero attached hydrogens (tertiary/aromatic N) is 5. The molecule has 26 heavy (non-hydrogen) atoms. The van der Waals surface area contributed by atoms with Gasteiger partial charge in [0.1, 0.15) is 24.9 Å². The first kappa shape index (κ1) is 19.3. The lowest BCUT2D eigenvalue weighted by atomic mass is 10.1. The molecule has 0 bridgehead atoms. The number of nitro benzene ring substituents is 1. The lowest BCUT2D eigenvalue weighted by Crippen LogP contribution is -2.39. The molecule has 0 saturated carbocycles. The maximum Gasteiger partial charge on any atom is 0.406 e. The third-order valence-corrected chi connectivity index (χ3v) is 3.52. The van der Waals surface area contributed by atoms with Crippen molar-refractivity contribution in [3.63, 3.8) is 0 Å². The summed E-state index contributed by atoms with van der Waals surface area (Å²) in [4.78, 5) is 27.4. The van der Waals surface area contributed by atoms with Crippen molar-refractivity contribution in [2.24, 2.45) is 0 Å². The zero-order valence-electron chi connectivity index (χ0n) is 13.8. The first-order valence-corrected chi connectivity index (χ1v) is 7.72. The molecule has 1 aromatic carbocycles. The Kier molecular flexibility index (Phi) is 5.90. The maximum absolute atomic E-state index is 12.7. The van der Waals surface area contributed by atoms with Crippen molar-refractivity contribution in [1.29, 1.82) is 0 Å². The number of hydrogen-bond donors (Lipinski definition) is 0. The summed E-state index contributed by atoms with van der Waals surface area (Å²) in [7, 11) is 0. The molecule has 1 aromatic heterocycles. The smallest absolute Gasteiger partial charge is 0.330 e. The van der Waals surface area contributed by atoms with Gasteiger partial charge in [-0.15, -0.1) is 0 Å². The fourth-order valence-corrected chi connectivity index (χ4v) is 2.33. The summed E-state index contributed by atoms with van der Waals surface area (Å²) in [5, 5.41) is 15.1. The number of unbranched alkanes of at least 4 members (excludes halogenated alkanes) is 1. The second kappa shape index (κ2) is 7.93. The van der Waals surface area contributed by atoms with Gasteiger partial charge in [-0.2, -0.15) is 18.3 Å². The van der Waals surface area contributed by atoms with E-state index in [0.717, 1.165) is 10.7 Å². The van der Waals surface area contributed by atoms with Crippen LogP contribution in [-0.4, -0.2) is 49.8 Å². The zero-order valence-corrected chi connectivity index (χ0v) is 13.8. The minimum absolute atomic E-state index is 0.0555. The van der Waals surface area contributed by atoms with Crippen LogP contribution >= 0.6 is 0 Å². The molecule has 1 amide bonds. The SMILES string of the molecule is CCCCN(CC(F)(F)F)C(=O)c1ccc(-n2cncn2)c([N+](=O)[O-])c1. The number of alkyl halides is 3. The third-order valence-electron chi connectivity index (χ3n) is 3.52. The molecule has 8 nitrogen and oxygen atoms in total. The standard InChI is InChI=1S/C15H16F3N5O3/c1-2-3-6-21(8-15(16,17)18)14(24)11-4-5-12(13(7-11)23(25)26)22-10-19-9-20-22/h4-5,7,9-10H,2-3,6,8H2,1H3. The number of halogens is 3. The van der Waals surface area contributed by atoms with Crippen LogP contribution in [0.5, 0.6) is 0 Å². The third kappa shape index (κ3) is 4.77. The molecule has 0 unspecified atom stereocenters. The van der Waals surface area contributed by atoms with E-state index >= 15 is 0 Å². The summed E-state index contributed by atoms with van der Waals surface area (Å²) >= 11 is 0. The molecule has 0 aliphatic carbocycles. The number of benzene rings is 1. The summed E-state index contributed by atoms with van der Waals surface area (Å²) in [6.07, 6.45) is -1.15. The van der Waals surface area contributed by atoms with E-state index in [0.29, 0.717) is 17.7 Å². The normalized spacial score (nSPS) is 11.4. The van der Waals surface area contributed by atoms with Crippen molar-refractivity contribution < 1.29 is 22.9 Å². The van der Waals surface area contributed by atoms with Gasteiger partial charge in [0.05, 0.1) is 4.92 Å². The van der Waals surface area contributed by atoms with Crippen molar-refractivity contribution in [1.82, 2.24) is 19.7 Å². The molecule has 2 aromatic rings. The Balaban J connectivity index is 2.37. The van der Waals surface area contributed by atoms with E-state index in [9.17, 15) is 28.1 Å². The molecule has 140 valence electrons. The number of carbonyl (C=O) groups is 1. The highest BCUT2D eigenvalue weighted by Crippen LogP contribution is 2.25. The van der Waals surface area contributed by atoms with Gasteiger partial charge in [-0.25, -0.2) is 9.67 Å². The average Bonchev–Trinajstić information content (AvgIpc) is 3.10. The quantitative estimate of drug-likeness (QED) is 0.551. The molecule has 0 N–H and O–H groups in total. The number of carbonyl (C=O) groups excluding carboxylic acids is 1. The van der Waals surface area contributed by atoms with Crippen LogP contribution < -0.4 is 0 Å². The molecule has 11 heteroatoms. The molecule has 0 fully saturated rings. The van der Waals surface area contributed by atoms with Gasteiger partial charge in [-0.1, -0.05) is 13.3 Å². The summed E-state index contributed by atoms with van der Waals surface area (Å²) in [6.45, 7) is 0.284. The van der Waals surface area contributed by atoms with Gasteiger partial charge in [0.25, 0.3) is 11.6 Å². The zero-order chi connectivity index (χ0) is 19.3. The molecular formula is C15H16F3N5O3. The molecule has 1 heterocycles. The fraction of sp³-hybridized carbons (Fsp3) is 0.400. The van der Waals surface area contributed by atoms with E-state index < -0.39 is 29.2 Å². The minimum Gasteiger partial charge on any atom is -0.330 e. The number of rotatable bonds is 7. The van der Waals surface area contributed by atoms with Gasteiger partial charge in [0.15, 0.2) is 0 Å². The molecule has 0 atom stereocenters. The molecule has 0 saturated heterocycles. The van der Waals surface area contributed by atoms with Gasteiger partial charge in [-0.05, 0) is 18.6 Å². The Hall–Kier alpha value is -2.98. The Labute approximate surface area is 146 Å².